The van der Waals surface area contributed by atoms with Gasteiger partial charge in [0.15, 0.2) is 0 Å². The second kappa shape index (κ2) is 11.6. The molecule has 0 radical (unpaired) electrons. The maximum atomic E-state index is 13.1. The molecule has 2 aromatic rings. The summed E-state index contributed by atoms with van der Waals surface area (Å²) in [6.07, 6.45) is 5.68. The van der Waals surface area contributed by atoms with Gasteiger partial charge in [0.2, 0.25) is 5.91 Å². The third kappa shape index (κ3) is 6.20. The Kier molecular flexibility index (Phi) is 8.27. The van der Waals surface area contributed by atoms with Gasteiger partial charge >= 0.3 is 0 Å². The summed E-state index contributed by atoms with van der Waals surface area (Å²) in [5, 5.41) is 6.29. The summed E-state index contributed by atoms with van der Waals surface area (Å²) in [5.41, 5.74) is 3.90. The fourth-order valence-corrected chi connectivity index (χ4v) is 5.06. The van der Waals surface area contributed by atoms with Crippen molar-refractivity contribution < 1.29 is 13.9 Å². The van der Waals surface area contributed by atoms with Crippen molar-refractivity contribution in [2.75, 3.05) is 25.0 Å². The van der Waals surface area contributed by atoms with Gasteiger partial charge in [-0.2, -0.15) is 0 Å². The van der Waals surface area contributed by atoms with Crippen molar-refractivity contribution in [2.24, 2.45) is 5.18 Å². The fraction of sp³-hybridized carbons (Fsp3) is 0.519. The summed E-state index contributed by atoms with van der Waals surface area (Å²) < 4.78 is 19.1. The van der Waals surface area contributed by atoms with Crippen LogP contribution in [0.2, 0.25) is 0 Å². The summed E-state index contributed by atoms with van der Waals surface area (Å²) in [4.78, 5) is 25.4. The highest BCUT2D eigenvalue weighted by Gasteiger charge is 2.26. The zero-order valence-electron chi connectivity index (χ0n) is 19.8. The van der Waals surface area contributed by atoms with E-state index in [4.69, 9.17) is 4.74 Å². The van der Waals surface area contributed by atoms with Crippen molar-refractivity contribution in [1.29, 1.82) is 0 Å². The van der Waals surface area contributed by atoms with Crippen molar-refractivity contribution in [1.82, 2.24) is 4.90 Å². The topological polar surface area (TPSA) is 71.0 Å². The largest absolute Gasteiger partial charge is 0.382 e. The minimum Gasteiger partial charge on any atom is -0.382 e. The number of carbonyl (C=O) groups excluding carboxylic acids is 1. The highest BCUT2D eigenvalue weighted by atomic mass is 19.1. The quantitative estimate of drug-likeness (QED) is 0.483. The molecule has 1 heterocycles. The minimum atomic E-state index is -0.713. The first-order valence-electron chi connectivity index (χ1n) is 12.3. The fourth-order valence-electron chi connectivity index (χ4n) is 5.06. The lowest BCUT2D eigenvalue weighted by atomic mass is 9.89. The zero-order chi connectivity index (χ0) is 23.9. The molecule has 2 aliphatic rings. The number of nitrogens with one attached hydrogen (secondary N) is 1. The molecular formula is C27H34FN3O3. The van der Waals surface area contributed by atoms with Gasteiger partial charge in [0.1, 0.15) is 19.0 Å². The molecule has 1 aliphatic heterocycles. The van der Waals surface area contributed by atoms with Gasteiger partial charge in [-0.05, 0) is 80.3 Å². The van der Waals surface area contributed by atoms with E-state index in [1.165, 1.54) is 11.1 Å². The second-order valence-corrected chi connectivity index (χ2v) is 9.56. The van der Waals surface area contributed by atoms with Gasteiger partial charge in [-0.25, -0.2) is 4.39 Å². The zero-order valence-corrected chi connectivity index (χ0v) is 19.8. The SMILES string of the molecule is Cc1ccc(C2CCN(C(=O)COC3CCC(Nc4ccc(N=O)c(CF)c4)CC3)CC2)cc1. The molecule has 34 heavy (non-hydrogen) atoms. The van der Waals surface area contributed by atoms with Crippen LogP contribution in [0.15, 0.2) is 47.6 Å². The lowest BCUT2D eigenvalue weighted by Crippen LogP contribution is -2.41. The molecule has 1 N–H and O–H groups in total. The number of nitroso groups, excluding NO2 is 1. The molecular weight excluding hydrogens is 433 g/mol. The normalized spacial score (nSPS) is 21.3. The van der Waals surface area contributed by atoms with Crippen LogP contribution >= 0.6 is 0 Å². The Bertz CT molecular complexity index is 966. The van der Waals surface area contributed by atoms with E-state index in [2.05, 4.69) is 41.7 Å². The number of hydrogen-bond acceptors (Lipinski definition) is 5. The number of carbonyl (C=O) groups is 1. The molecule has 2 fully saturated rings. The first kappa shape index (κ1) is 24.3. The predicted molar refractivity (Wildman–Crippen MR) is 132 cm³/mol. The molecule has 2 aromatic carbocycles. The smallest absolute Gasteiger partial charge is 0.248 e. The first-order chi connectivity index (χ1) is 16.6. The molecule has 1 aliphatic carbocycles. The summed E-state index contributed by atoms with van der Waals surface area (Å²) >= 11 is 0. The maximum absolute atomic E-state index is 13.1. The van der Waals surface area contributed by atoms with Gasteiger partial charge in [0.25, 0.3) is 0 Å². The third-order valence-electron chi connectivity index (χ3n) is 7.21. The number of anilines is 1. The van der Waals surface area contributed by atoms with Gasteiger partial charge in [-0.15, -0.1) is 4.91 Å². The van der Waals surface area contributed by atoms with Crippen LogP contribution in [0.3, 0.4) is 0 Å². The number of likely N-dealkylation sites (tertiary alicyclic amines) is 1. The average molecular weight is 468 g/mol. The number of aryl methyl sites for hydroxylation is 1. The maximum Gasteiger partial charge on any atom is 0.248 e. The van der Waals surface area contributed by atoms with Crippen LogP contribution in [-0.2, 0) is 16.2 Å². The Hall–Kier alpha value is -2.80. The Morgan fingerprint density at radius 3 is 2.41 bits per heavy atom. The number of amides is 1. The Labute approximate surface area is 200 Å². The Morgan fingerprint density at radius 1 is 1.06 bits per heavy atom. The molecule has 0 spiro atoms. The number of nitrogens with zero attached hydrogens (tertiary/aromatic N) is 2. The van der Waals surface area contributed by atoms with Crippen LogP contribution < -0.4 is 5.32 Å². The van der Waals surface area contributed by atoms with Crippen molar-refractivity contribution in [3.05, 3.63) is 64.1 Å². The monoisotopic (exact) mass is 467 g/mol. The lowest BCUT2D eigenvalue weighted by Gasteiger charge is -2.33. The number of alkyl halides is 1. The van der Waals surface area contributed by atoms with Crippen LogP contribution in [0.5, 0.6) is 0 Å². The van der Waals surface area contributed by atoms with Crippen LogP contribution in [-0.4, -0.2) is 42.6 Å². The van der Waals surface area contributed by atoms with Gasteiger partial charge < -0.3 is 15.0 Å². The molecule has 6 nitrogen and oxygen atoms in total. The standard InChI is InChI=1S/C27H34FN3O3/c1-19-2-4-20(5-3-19)21-12-14-31(15-13-21)27(32)18-34-25-9-6-23(7-10-25)29-24-8-11-26(30-33)22(16-24)17-28/h2-5,8,11,16,21,23,25,29H,6-7,9-10,12-15,17-18H2,1H3. The number of halogens is 1. The number of benzene rings is 2. The molecule has 0 aromatic heterocycles. The van der Waals surface area contributed by atoms with Gasteiger partial charge in [-0.3, -0.25) is 4.79 Å². The lowest BCUT2D eigenvalue weighted by molar-refractivity contribution is -0.139. The molecule has 1 saturated heterocycles. The van der Waals surface area contributed by atoms with Crippen molar-refractivity contribution >= 4 is 17.3 Å². The Balaban J connectivity index is 1.16. The van der Waals surface area contributed by atoms with Gasteiger partial charge in [0, 0.05) is 30.4 Å². The summed E-state index contributed by atoms with van der Waals surface area (Å²) in [5.74, 6) is 0.616. The van der Waals surface area contributed by atoms with Gasteiger partial charge in [-0.1, -0.05) is 29.8 Å². The van der Waals surface area contributed by atoms with E-state index in [1.807, 2.05) is 4.90 Å². The van der Waals surface area contributed by atoms with Crippen molar-refractivity contribution in [2.45, 2.75) is 70.2 Å². The van der Waals surface area contributed by atoms with E-state index >= 15 is 0 Å². The molecule has 0 unspecified atom stereocenters. The van der Waals surface area contributed by atoms with Crippen molar-refractivity contribution in [3.63, 3.8) is 0 Å². The first-order valence-corrected chi connectivity index (χ1v) is 12.3. The Morgan fingerprint density at radius 2 is 1.76 bits per heavy atom. The van der Waals surface area contributed by atoms with E-state index in [0.717, 1.165) is 57.3 Å². The van der Waals surface area contributed by atoms with Gasteiger partial charge in [0.05, 0.1) is 6.10 Å². The highest BCUT2D eigenvalue weighted by molar-refractivity contribution is 5.77. The number of hydrogen-bond donors (Lipinski definition) is 1. The molecule has 0 bridgehead atoms. The molecule has 7 heteroatoms. The number of rotatable bonds is 8. The van der Waals surface area contributed by atoms with Crippen molar-refractivity contribution in [3.8, 4) is 0 Å². The van der Waals surface area contributed by atoms with E-state index in [0.29, 0.717) is 11.5 Å². The second-order valence-electron chi connectivity index (χ2n) is 9.56. The number of piperidine rings is 1. The van der Waals surface area contributed by atoms with Crippen LogP contribution in [0, 0.1) is 11.8 Å². The van der Waals surface area contributed by atoms with Crippen LogP contribution in [0.1, 0.15) is 61.1 Å². The average Bonchev–Trinajstić information content (AvgIpc) is 2.88. The summed E-state index contributed by atoms with van der Waals surface area (Å²) in [6, 6.07) is 14.0. The molecule has 1 saturated carbocycles. The van der Waals surface area contributed by atoms with E-state index in [-0.39, 0.29) is 30.3 Å². The van der Waals surface area contributed by atoms with E-state index in [9.17, 15) is 14.1 Å². The van der Waals surface area contributed by atoms with Crippen LogP contribution in [0.25, 0.3) is 0 Å². The predicted octanol–water partition coefficient (Wildman–Crippen LogP) is 6.01. The third-order valence-corrected chi connectivity index (χ3v) is 7.21. The number of ether oxygens (including phenoxy) is 1. The van der Waals surface area contributed by atoms with E-state index < -0.39 is 6.67 Å². The summed E-state index contributed by atoms with van der Waals surface area (Å²) in [6.45, 7) is 3.12. The van der Waals surface area contributed by atoms with E-state index in [1.54, 1.807) is 18.2 Å². The van der Waals surface area contributed by atoms with Crippen LogP contribution in [0.4, 0.5) is 15.8 Å². The molecule has 1 amide bonds. The summed E-state index contributed by atoms with van der Waals surface area (Å²) in [7, 11) is 0. The minimum absolute atomic E-state index is 0.0882. The molecule has 0 atom stereocenters. The molecule has 182 valence electrons. The molecule has 4 rings (SSSR count). The highest BCUT2D eigenvalue weighted by Crippen LogP contribution is 2.30.